The summed E-state index contributed by atoms with van der Waals surface area (Å²) in [4.78, 5) is 11.8. The van der Waals surface area contributed by atoms with Crippen LogP contribution >= 0.6 is 0 Å². The minimum atomic E-state index is -0.392. The average molecular weight is 273 g/mol. The van der Waals surface area contributed by atoms with Crippen LogP contribution in [0, 0.1) is 11.3 Å². The summed E-state index contributed by atoms with van der Waals surface area (Å²) in [6.45, 7) is 4.23. The van der Waals surface area contributed by atoms with E-state index in [-0.39, 0.29) is 11.6 Å². The maximum absolute atomic E-state index is 11.8. The van der Waals surface area contributed by atoms with Gasteiger partial charge in [-0.05, 0) is 31.5 Å². The zero-order chi connectivity index (χ0) is 15.0. The number of carbonyl (C=O) groups is 1. The van der Waals surface area contributed by atoms with Gasteiger partial charge in [-0.25, -0.2) is 0 Å². The van der Waals surface area contributed by atoms with Crippen LogP contribution in [0.25, 0.3) is 0 Å². The molecule has 1 amide bonds. The number of amides is 1. The van der Waals surface area contributed by atoms with Crippen LogP contribution in [-0.2, 0) is 11.3 Å². The van der Waals surface area contributed by atoms with Crippen molar-refractivity contribution >= 4 is 5.91 Å². The molecular formula is C15H19N3O2. The van der Waals surface area contributed by atoms with Crippen molar-refractivity contribution in [2.75, 3.05) is 7.11 Å². The first kappa shape index (κ1) is 15.6. The second kappa shape index (κ2) is 7.85. The van der Waals surface area contributed by atoms with E-state index in [0.717, 1.165) is 11.3 Å². The summed E-state index contributed by atoms with van der Waals surface area (Å²) >= 11 is 0. The lowest BCUT2D eigenvalue weighted by Crippen LogP contribution is -2.26. The van der Waals surface area contributed by atoms with Crippen LogP contribution in [0.15, 0.2) is 36.0 Å². The van der Waals surface area contributed by atoms with Crippen molar-refractivity contribution in [2.24, 2.45) is 0 Å². The van der Waals surface area contributed by atoms with Gasteiger partial charge in [0.05, 0.1) is 7.11 Å². The molecule has 0 saturated carbocycles. The first-order chi connectivity index (χ1) is 9.56. The normalized spacial score (nSPS) is 10.8. The Bertz CT molecular complexity index is 513. The Morgan fingerprint density at radius 3 is 2.55 bits per heavy atom. The number of nitrogens with one attached hydrogen (secondary N) is 2. The van der Waals surface area contributed by atoms with E-state index in [9.17, 15) is 4.79 Å². The summed E-state index contributed by atoms with van der Waals surface area (Å²) in [5.74, 6) is 0.371. The van der Waals surface area contributed by atoms with Crippen molar-refractivity contribution in [3.8, 4) is 11.8 Å². The number of benzene rings is 1. The molecule has 5 heteroatoms. The molecule has 1 aromatic rings. The molecule has 20 heavy (non-hydrogen) atoms. The van der Waals surface area contributed by atoms with Crippen LogP contribution in [0.4, 0.5) is 0 Å². The second-order valence-corrected chi connectivity index (χ2v) is 4.52. The Morgan fingerprint density at radius 2 is 2.05 bits per heavy atom. The van der Waals surface area contributed by atoms with Crippen molar-refractivity contribution in [1.82, 2.24) is 10.6 Å². The lowest BCUT2D eigenvalue weighted by Gasteiger charge is -2.07. The predicted octanol–water partition coefficient (Wildman–Crippen LogP) is 1.72. The molecule has 0 aromatic heterocycles. The Hall–Kier alpha value is -2.48. The van der Waals surface area contributed by atoms with Crippen molar-refractivity contribution in [2.45, 2.75) is 26.4 Å². The van der Waals surface area contributed by atoms with Crippen LogP contribution in [0.1, 0.15) is 19.4 Å². The van der Waals surface area contributed by atoms with E-state index < -0.39 is 5.91 Å². The number of ether oxygens (including phenoxy) is 1. The fraction of sp³-hybridized carbons (Fsp3) is 0.333. The number of hydrogen-bond acceptors (Lipinski definition) is 4. The van der Waals surface area contributed by atoms with Gasteiger partial charge in [0, 0.05) is 18.8 Å². The third-order valence-electron chi connectivity index (χ3n) is 2.54. The van der Waals surface area contributed by atoms with Crippen LogP contribution in [0.3, 0.4) is 0 Å². The smallest absolute Gasteiger partial charge is 0.263 e. The molecule has 2 N–H and O–H groups in total. The maximum Gasteiger partial charge on any atom is 0.263 e. The van der Waals surface area contributed by atoms with Gasteiger partial charge in [-0.2, -0.15) is 5.26 Å². The summed E-state index contributed by atoms with van der Waals surface area (Å²) in [5.41, 5.74) is 1.00. The van der Waals surface area contributed by atoms with E-state index in [0.29, 0.717) is 6.54 Å². The zero-order valence-electron chi connectivity index (χ0n) is 11.9. The molecule has 0 aliphatic carbocycles. The topological polar surface area (TPSA) is 74.1 Å². The van der Waals surface area contributed by atoms with Crippen molar-refractivity contribution < 1.29 is 9.53 Å². The minimum absolute atomic E-state index is 0.0622. The van der Waals surface area contributed by atoms with Gasteiger partial charge in [-0.1, -0.05) is 12.1 Å². The molecule has 1 rings (SSSR count). The number of hydrogen-bond donors (Lipinski definition) is 2. The lowest BCUT2D eigenvalue weighted by atomic mass is 10.2. The number of rotatable bonds is 6. The molecule has 5 nitrogen and oxygen atoms in total. The molecule has 0 unspecified atom stereocenters. The van der Waals surface area contributed by atoms with Crippen LogP contribution in [0.5, 0.6) is 5.75 Å². The predicted molar refractivity (Wildman–Crippen MR) is 76.8 cm³/mol. The van der Waals surface area contributed by atoms with Gasteiger partial charge in [-0.15, -0.1) is 0 Å². The van der Waals surface area contributed by atoms with Crippen molar-refractivity contribution in [3.63, 3.8) is 0 Å². The van der Waals surface area contributed by atoms with Crippen molar-refractivity contribution in [3.05, 3.63) is 41.6 Å². The molecule has 0 fully saturated rings. The van der Waals surface area contributed by atoms with E-state index in [1.54, 1.807) is 7.11 Å². The third-order valence-corrected chi connectivity index (χ3v) is 2.54. The van der Waals surface area contributed by atoms with Gasteiger partial charge in [0.2, 0.25) is 0 Å². The Labute approximate surface area is 119 Å². The molecule has 0 saturated heterocycles. The summed E-state index contributed by atoms with van der Waals surface area (Å²) in [6, 6.07) is 9.42. The lowest BCUT2D eigenvalue weighted by molar-refractivity contribution is -0.117. The zero-order valence-corrected chi connectivity index (χ0v) is 11.9. The molecule has 0 aliphatic heterocycles. The molecule has 0 heterocycles. The van der Waals surface area contributed by atoms with Crippen molar-refractivity contribution in [1.29, 1.82) is 5.26 Å². The molecule has 106 valence electrons. The molecule has 0 bridgehead atoms. The van der Waals surface area contributed by atoms with Gasteiger partial charge in [-0.3, -0.25) is 4.79 Å². The van der Waals surface area contributed by atoms with Crippen LogP contribution in [-0.4, -0.2) is 19.1 Å². The van der Waals surface area contributed by atoms with Gasteiger partial charge in [0.1, 0.15) is 17.4 Å². The summed E-state index contributed by atoms with van der Waals surface area (Å²) < 4.78 is 5.06. The fourth-order valence-corrected chi connectivity index (χ4v) is 1.42. The molecular weight excluding hydrogens is 254 g/mol. The van der Waals surface area contributed by atoms with E-state index >= 15 is 0 Å². The number of nitriles is 1. The largest absolute Gasteiger partial charge is 0.497 e. The molecule has 0 atom stereocenters. The summed E-state index contributed by atoms with van der Waals surface area (Å²) in [5, 5.41) is 14.6. The highest BCUT2D eigenvalue weighted by Crippen LogP contribution is 2.11. The average Bonchev–Trinajstić information content (AvgIpc) is 2.46. The van der Waals surface area contributed by atoms with E-state index in [4.69, 9.17) is 10.00 Å². The first-order valence-corrected chi connectivity index (χ1v) is 6.34. The standard InChI is InChI=1S/C15H19N3O2/c1-11(2)17-10-13(8-16)15(19)18-9-12-4-6-14(20-3)7-5-12/h4-7,10-11,17H,9H2,1-3H3,(H,18,19)/b13-10-. The highest BCUT2D eigenvalue weighted by atomic mass is 16.5. The van der Waals surface area contributed by atoms with Crippen LogP contribution < -0.4 is 15.4 Å². The second-order valence-electron chi connectivity index (χ2n) is 4.52. The van der Waals surface area contributed by atoms with Gasteiger partial charge in [0.25, 0.3) is 5.91 Å². The highest BCUT2D eigenvalue weighted by molar-refractivity contribution is 5.97. The highest BCUT2D eigenvalue weighted by Gasteiger charge is 2.08. The molecule has 0 spiro atoms. The van der Waals surface area contributed by atoms with E-state index in [1.165, 1.54) is 6.20 Å². The first-order valence-electron chi connectivity index (χ1n) is 6.34. The Kier molecular flexibility index (Phi) is 6.11. The quantitative estimate of drug-likeness (QED) is 0.611. The van der Waals surface area contributed by atoms with E-state index in [1.807, 2.05) is 44.2 Å². The number of carbonyl (C=O) groups excluding carboxylic acids is 1. The van der Waals surface area contributed by atoms with Gasteiger partial charge < -0.3 is 15.4 Å². The Balaban J connectivity index is 2.57. The SMILES string of the molecule is COc1ccc(CNC(=O)/C(C#N)=C\NC(C)C)cc1. The molecule has 1 aromatic carbocycles. The monoisotopic (exact) mass is 273 g/mol. The molecule has 0 radical (unpaired) electrons. The van der Waals surface area contributed by atoms with E-state index in [2.05, 4.69) is 10.6 Å². The fourth-order valence-electron chi connectivity index (χ4n) is 1.42. The van der Waals surface area contributed by atoms with Gasteiger partial charge >= 0.3 is 0 Å². The maximum atomic E-state index is 11.8. The van der Waals surface area contributed by atoms with Gasteiger partial charge in [0.15, 0.2) is 0 Å². The Morgan fingerprint density at radius 1 is 1.40 bits per heavy atom. The minimum Gasteiger partial charge on any atom is -0.497 e. The summed E-state index contributed by atoms with van der Waals surface area (Å²) in [7, 11) is 1.60. The number of methoxy groups -OCH3 is 1. The van der Waals surface area contributed by atoms with Crippen LogP contribution in [0.2, 0.25) is 0 Å². The molecule has 0 aliphatic rings. The third kappa shape index (κ3) is 5.02. The number of nitrogens with zero attached hydrogens (tertiary/aromatic N) is 1. The summed E-state index contributed by atoms with van der Waals surface area (Å²) in [6.07, 6.45) is 1.44.